The molecule has 1 N–H and O–H groups in total. The van der Waals surface area contributed by atoms with Gasteiger partial charge in [0.15, 0.2) is 18.2 Å². The van der Waals surface area contributed by atoms with Crippen molar-refractivity contribution in [3.8, 4) is 0 Å². The van der Waals surface area contributed by atoms with Crippen LogP contribution in [0.4, 0.5) is 5.69 Å². The smallest absolute Gasteiger partial charge is 0.290 e. The number of nitrogens with one attached hydrogen (secondary N) is 1. The van der Waals surface area contributed by atoms with Gasteiger partial charge in [-0.25, -0.2) is 0 Å². The van der Waals surface area contributed by atoms with E-state index in [2.05, 4.69) is 5.32 Å². The van der Waals surface area contributed by atoms with Crippen molar-refractivity contribution in [1.29, 1.82) is 0 Å². The molecule has 0 spiro atoms. The van der Waals surface area contributed by atoms with Crippen LogP contribution in [0.2, 0.25) is 0 Å². The van der Waals surface area contributed by atoms with Crippen molar-refractivity contribution in [1.82, 2.24) is 4.90 Å². The van der Waals surface area contributed by atoms with E-state index in [-0.39, 0.29) is 24.1 Å². The summed E-state index contributed by atoms with van der Waals surface area (Å²) < 4.78 is 1.70. The van der Waals surface area contributed by atoms with E-state index in [4.69, 9.17) is 0 Å². The van der Waals surface area contributed by atoms with Gasteiger partial charge in [-0.15, -0.1) is 0 Å². The van der Waals surface area contributed by atoms with Crippen molar-refractivity contribution in [2.75, 3.05) is 18.4 Å². The van der Waals surface area contributed by atoms with Crippen molar-refractivity contribution >= 4 is 23.3 Å². The Hall–Kier alpha value is -3.80. The highest BCUT2D eigenvalue weighted by molar-refractivity contribution is 6.08. The van der Waals surface area contributed by atoms with Gasteiger partial charge < -0.3 is 10.2 Å². The Bertz CT molecular complexity index is 1040. The fourth-order valence-electron chi connectivity index (χ4n) is 3.23. The topological polar surface area (TPSA) is 70.4 Å². The molecule has 2 amide bonds. The van der Waals surface area contributed by atoms with E-state index < -0.39 is 0 Å². The Morgan fingerprint density at radius 2 is 1.35 bits per heavy atom. The van der Waals surface area contributed by atoms with Gasteiger partial charge in [-0.05, 0) is 38.1 Å². The average Bonchev–Trinajstić information content (AvgIpc) is 2.81. The minimum absolute atomic E-state index is 0.0245. The number of nitrogens with zero attached hydrogens (tertiary/aromatic N) is 2. The van der Waals surface area contributed by atoms with E-state index >= 15 is 0 Å². The summed E-state index contributed by atoms with van der Waals surface area (Å²) in [5.41, 5.74) is 2.41. The zero-order valence-corrected chi connectivity index (χ0v) is 17.7. The molecule has 6 heteroatoms. The van der Waals surface area contributed by atoms with Gasteiger partial charge >= 0.3 is 0 Å². The van der Waals surface area contributed by atoms with Gasteiger partial charge in [0.25, 0.3) is 11.8 Å². The van der Waals surface area contributed by atoms with Crippen LogP contribution in [0, 0.1) is 0 Å². The lowest BCUT2D eigenvalue weighted by Gasteiger charge is -2.18. The number of amides is 2. The maximum atomic E-state index is 12.5. The molecule has 0 saturated carbocycles. The first kappa shape index (κ1) is 21.9. The number of rotatable bonds is 8. The van der Waals surface area contributed by atoms with Gasteiger partial charge in [0, 0.05) is 47.6 Å². The molecule has 31 heavy (non-hydrogen) atoms. The molecule has 0 aliphatic heterocycles. The third-order valence-corrected chi connectivity index (χ3v) is 4.98. The monoisotopic (exact) mass is 416 g/mol. The van der Waals surface area contributed by atoms with Crippen LogP contribution in [0.25, 0.3) is 0 Å². The van der Waals surface area contributed by atoms with Crippen molar-refractivity contribution < 1.29 is 19.0 Å². The van der Waals surface area contributed by atoms with Crippen LogP contribution in [0.3, 0.4) is 0 Å². The molecule has 6 nitrogen and oxygen atoms in total. The van der Waals surface area contributed by atoms with E-state index in [1.165, 1.54) is 0 Å². The SMILES string of the molecule is CCN(CC)C(=O)c1ccc(NC(=O)C[n+]2ccc(C(=O)c3ccccc3)cc2)cc1. The van der Waals surface area contributed by atoms with E-state index in [0.29, 0.717) is 35.5 Å². The third-order valence-electron chi connectivity index (χ3n) is 4.98. The van der Waals surface area contributed by atoms with Gasteiger partial charge in [0.05, 0.1) is 0 Å². The molecule has 0 bridgehead atoms. The van der Waals surface area contributed by atoms with Crippen molar-refractivity contribution in [2.24, 2.45) is 0 Å². The Balaban J connectivity index is 1.58. The molecule has 0 aliphatic carbocycles. The standard InChI is InChI=1S/C25H25N3O3/c1-3-28(4-2)25(31)21-10-12-22(13-11-21)26-23(29)18-27-16-14-20(15-17-27)24(30)19-8-6-5-7-9-19/h5-17H,3-4,18H2,1-2H3/p+1. The number of ketones is 1. The number of carbonyl (C=O) groups excluding carboxylic acids is 3. The minimum atomic E-state index is -0.199. The maximum Gasteiger partial charge on any atom is 0.290 e. The van der Waals surface area contributed by atoms with Crippen molar-refractivity contribution in [3.05, 3.63) is 95.8 Å². The Morgan fingerprint density at radius 1 is 0.774 bits per heavy atom. The van der Waals surface area contributed by atoms with Gasteiger partial charge in [0.2, 0.25) is 6.54 Å². The second kappa shape index (κ2) is 10.3. The summed E-state index contributed by atoms with van der Waals surface area (Å²) in [6.07, 6.45) is 3.42. The van der Waals surface area contributed by atoms with Crippen LogP contribution in [-0.2, 0) is 11.3 Å². The molecule has 1 aromatic heterocycles. The van der Waals surface area contributed by atoms with Crippen LogP contribution in [0.5, 0.6) is 0 Å². The second-order valence-electron chi connectivity index (χ2n) is 7.06. The van der Waals surface area contributed by atoms with Crippen molar-refractivity contribution in [2.45, 2.75) is 20.4 Å². The van der Waals surface area contributed by atoms with E-state index in [0.717, 1.165) is 0 Å². The van der Waals surface area contributed by atoms with Crippen LogP contribution >= 0.6 is 0 Å². The summed E-state index contributed by atoms with van der Waals surface area (Å²) in [4.78, 5) is 38.9. The van der Waals surface area contributed by atoms with Crippen LogP contribution < -0.4 is 9.88 Å². The molecule has 0 saturated heterocycles. The molecule has 3 aromatic rings. The third kappa shape index (κ3) is 5.63. The molecular formula is C25H26N3O3+. The number of hydrogen-bond donors (Lipinski definition) is 1. The number of hydrogen-bond acceptors (Lipinski definition) is 3. The first-order chi connectivity index (χ1) is 15.0. The Kier molecular flexibility index (Phi) is 7.27. The maximum absolute atomic E-state index is 12.5. The highest BCUT2D eigenvalue weighted by Gasteiger charge is 2.15. The number of aromatic nitrogens is 1. The molecule has 0 aliphatic rings. The van der Waals surface area contributed by atoms with Gasteiger partial charge in [-0.1, -0.05) is 30.3 Å². The largest absolute Gasteiger partial charge is 0.339 e. The number of benzene rings is 2. The molecule has 2 aromatic carbocycles. The summed E-state index contributed by atoms with van der Waals surface area (Å²) in [6, 6.07) is 19.4. The van der Waals surface area contributed by atoms with Crippen LogP contribution in [0.15, 0.2) is 79.1 Å². The first-order valence-electron chi connectivity index (χ1n) is 10.3. The first-order valence-corrected chi connectivity index (χ1v) is 10.3. The van der Waals surface area contributed by atoms with Crippen molar-refractivity contribution in [3.63, 3.8) is 0 Å². The number of carbonyl (C=O) groups is 3. The summed E-state index contributed by atoms with van der Waals surface area (Å²) in [5.74, 6) is -0.282. The second-order valence-corrected chi connectivity index (χ2v) is 7.06. The lowest BCUT2D eigenvalue weighted by molar-refractivity contribution is -0.684. The molecule has 0 atom stereocenters. The molecular weight excluding hydrogens is 390 g/mol. The van der Waals surface area contributed by atoms with E-state index in [9.17, 15) is 14.4 Å². The van der Waals surface area contributed by atoms with Crippen LogP contribution in [0.1, 0.15) is 40.1 Å². The van der Waals surface area contributed by atoms with Gasteiger partial charge in [-0.3, -0.25) is 14.4 Å². The Labute approximate surface area is 182 Å². The Morgan fingerprint density at radius 3 is 1.94 bits per heavy atom. The zero-order chi connectivity index (χ0) is 22.2. The number of pyridine rings is 1. The molecule has 158 valence electrons. The van der Waals surface area contributed by atoms with E-state index in [1.54, 1.807) is 70.4 Å². The summed E-state index contributed by atoms with van der Waals surface area (Å²) in [5, 5.41) is 2.83. The fourth-order valence-corrected chi connectivity index (χ4v) is 3.23. The minimum Gasteiger partial charge on any atom is -0.339 e. The predicted octanol–water partition coefficient (Wildman–Crippen LogP) is 3.33. The molecule has 0 fully saturated rings. The van der Waals surface area contributed by atoms with E-state index in [1.807, 2.05) is 32.0 Å². The quantitative estimate of drug-likeness (QED) is 0.452. The molecule has 1 heterocycles. The predicted molar refractivity (Wildman–Crippen MR) is 119 cm³/mol. The lowest BCUT2D eigenvalue weighted by atomic mass is 10.0. The average molecular weight is 417 g/mol. The number of anilines is 1. The van der Waals surface area contributed by atoms with Crippen LogP contribution in [-0.4, -0.2) is 35.6 Å². The molecule has 0 unspecified atom stereocenters. The summed E-state index contributed by atoms with van der Waals surface area (Å²) in [6.45, 7) is 5.30. The zero-order valence-electron chi connectivity index (χ0n) is 17.7. The fraction of sp³-hybridized carbons (Fsp3) is 0.200. The van der Waals surface area contributed by atoms with Gasteiger partial charge in [-0.2, -0.15) is 4.57 Å². The highest BCUT2D eigenvalue weighted by Crippen LogP contribution is 2.12. The summed E-state index contributed by atoms with van der Waals surface area (Å²) >= 11 is 0. The lowest BCUT2D eigenvalue weighted by Crippen LogP contribution is -2.39. The molecule has 0 radical (unpaired) electrons. The van der Waals surface area contributed by atoms with Gasteiger partial charge in [0.1, 0.15) is 0 Å². The normalized spacial score (nSPS) is 10.4. The molecule has 3 rings (SSSR count). The summed E-state index contributed by atoms with van der Waals surface area (Å²) in [7, 11) is 0. The highest BCUT2D eigenvalue weighted by atomic mass is 16.2.